The summed E-state index contributed by atoms with van der Waals surface area (Å²) < 4.78 is 1.13. The quantitative estimate of drug-likeness (QED) is 0.222. The Morgan fingerprint density at radius 3 is 1.76 bits per heavy atom. The number of thiazole rings is 1. The molecule has 5 heteroatoms. The van der Waals surface area contributed by atoms with Gasteiger partial charge in [0.2, 0.25) is 0 Å². The van der Waals surface area contributed by atoms with Crippen molar-refractivity contribution in [3.8, 4) is 44.7 Å². The van der Waals surface area contributed by atoms with Crippen LogP contribution < -0.4 is 0 Å². The monoisotopic (exact) mass is 542 g/mol. The molecule has 2 aromatic heterocycles. The second kappa shape index (κ2) is 9.73. The summed E-state index contributed by atoms with van der Waals surface area (Å²) in [5.41, 5.74) is 4.97. The molecule has 0 aliphatic rings. The fourth-order valence-corrected chi connectivity index (χ4v) is 6.45. The van der Waals surface area contributed by atoms with Crippen LogP contribution in [0, 0.1) is 0 Å². The van der Waals surface area contributed by atoms with Gasteiger partial charge in [0, 0.05) is 27.6 Å². The van der Waals surface area contributed by atoms with Crippen molar-refractivity contribution in [1.82, 2.24) is 19.9 Å². The number of benzene rings is 6. The molecule has 0 N–H and O–H groups in total. The minimum atomic E-state index is 0.650. The Morgan fingerprint density at radius 2 is 1.02 bits per heavy atom. The molecular formula is C36H22N4S. The molecule has 0 amide bonds. The Labute approximate surface area is 240 Å². The average molecular weight is 543 g/mol. The summed E-state index contributed by atoms with van der Waals surface area (Å²) in [5, 5.41) is 5.68. The molecule has 0 saturated carbocycles. The van der Waals surface area contributed by atoms with E-state index in [9.17, 15) is 0 Å². The van der Waals surface area contributed by atoms with Gasteiger partial charge >= 0.3 is 0 Å². The Balaban J connectivity index is 1.36. The summed E-state index contributed by atoms with van der Waals surface area (Å²) in [5.74, 6) is 1.95. The highest BCUT2D eigenvalue weighted by molar-refractivity contribution is 7.22. The molecule has 0 bridgehead atoms. The minimum Gasteiger partial charge on any atom is -0.236 e. The maximum atomic E-state index is 5.07. The van der Waals surface area contributed by atoms with Crippen LogP contribution in [0.25, 0.3) is 76.5 Å². The van der Waals surface area contributed by atoms with Crippen molar-refractivity contribution < 1.29 is 0 Å². The Bertz CT molecular complexity index is 2150. The fourth-order valence-electron chi connectivity index (χ4n) is 5.32. The number of hydrogen-bond donors (Lipinski definition) is 0. The van der Waals surface area contributed by atoms with Crippen LogP contribution in [0.1, 0.15) is 0 Å². The molecule has 0 fully saturated rings. The molecule has 192 valence electrons. The molecule has 0 aliphatic heterocycles. The second-order valence-electron chi connectivity index (χ2n) is 9.94. The van der Waals surface area contributed by atoms with Crippen molar-refractivity contribution in [2.24, 2.45) is 0 Å². The van der Waals surface area contributed by atoms with Crippen LogP contribution in [-0.2, 0) is 0 Å². The maximum absolute atomic E-state index is 5.07. The second-order valence-corrected chi connectivity index (χ2v) is 10.9. The van der Waals surface area contributed by atoms with Gasteiger partial charge in [0.05, 0.1) is 10.2 Å². The van der Waals surface area contributed by atoms with E-state index in [1.807, 2.05) is 60.7 Å². The predicted molar refractivity (Wildman–Crippen MR) is 170 cm³/mol. The zero-order chi connectivity index (χ0) is 27.2. The van der Waals surface area contributed by atoms with Crippen molar-refractivity contribution in [3.05, 3.63) is 133 Å². The van der Waals surface area contributed by atoms with E-state index in [-0.39, 0.29) is 0 Å². The molecule has 4 nitrogen and oxygen atoms in total. The van der Waals surface area contributed by atoms with Crippen molar-refractivity contribution >= 4 is 43.1 Å². The molecule has 0 aliphatic carbocycles. The molecule has 0 spiro atoms. The third-order valence-electron chi connectivity index (χ3n) is 7.33. The smallest absolute Gasteiger partial charge is 0.164 e. The lowest BCUT2D eigenvalue weighted by Gasteiger charge is -2.10. The first-order chi connectivity index (χ1) is 20.3. The standard InChI is InChI=1S/C36H22N4S/c1-3-11-25(12-4-1)33-38-34(26-13-5-2-6-14-26)40-35(39-33)29-17-9-16-24-20-21-30-32(31(24)29)41-36(37-30)28-19-18-23-10-7-8-15-27(23)22-28/h1-22H. The normalized spacial score (nSPS) is 11.4. The fraction of sp³-hybridized carbons (Fsp3) is 0. The number of nitrogens with zero attached hydrogens (tertiary/aromatic N) is 4. The largest absolute Gasteiger partial charge is 0.236 e. The first-order valence-electron chi connectivity index (χ1n) is 13.5. The summed E-state index contributed by atoms with van der Waals surface area (Å²) in [7, 11) is 0. The van der Waals surface area contributed by atoms with E-state index >= 15 is 0 Å². The summed E-state index contributed by atoms with van der Waals surface area (Å²) in [6, 6.07) is 45.7. The van der Waals surface area contributed by atoms with E-state index in [2.05, 4.69) is 72.8 Å². The van der Waals surface area contributed by atoms with Crippen LogP contribution in [0.3, 0.4) is 0 Å². The van der Waals surface area contributed by atoms with Crippen LogP contribution in [0.2, 0.25) is 0 Å². The van der Waals surface area contributed by atoms with E-state index < -0.39 is 0 Å². The van der Waals surface area contributed by atoms with Gasteiger partial charge in [-0.05, 0) is 28.3 Å². The minimum absolute atomic E-state index is 0.650. The van der Waals surface area contributed by atoms with Crippen molar-refractivity contribution in [2.75, 3.05) is 0 Å². The lowest BCUT2D eigenvalue weighted by molar-refractivity contribution is 1.08. The number of hydrogen-bond acceptors (Lipinski definition) is 5. The van der Waals surface area contributed by atoms with E-state index in [4.69, 9.17) is 19.9 Å². The lowest BCUT2D eigenvalue weighted by atomic mass is 10.0. The molecule has 6 aromatic carbocycles. The van der Waals surface area contributed by atoms with Gasteiger partial charge in [0.25, 0.3) is 0 Å². The number of aromatic nitrogens is 4. The molecule has 41 heavy (non-hydrogen) atoms. The molecule has 0 unspecified atom stereocenters. The van der Waals surface area contributed by atoms with Crippen LogP contribution in [0.15, 0.2) is 133 Å². The summed E-state index contributed by atoms with van der Waals surface area (Å²) in [4.78, 5) is 20.0. The summed E-state index contributed by atoms with van der Waals surface area (Å²) in [6.07, 6.45) is 0. The third-order valence-corrected chi connectivity index (χ3v) is 8.47. The number of rotatable bonds is 4. The molecule has 0 atom stereocenters. The van der Waals surface area contributed by atoms with E-state index in [0.717, 1.165) is 48.3 Å². The molecule has 8 rings (SSSR count). The van der Waals surface area contributed by atoms with Gasteiger partial charge in [-0.3, -0.25) is 0 Å². The van der Waals surface area contributed by atoms with Gasteiger partial charge in [0.15, 0.2) is 17.5 Å². The Morgan fingerprint density at radius 1 is 0.415 bits per heavy atom. The van der Waals surface area contributed by atoms with Gasteiger partial charge in [-0.1, -0.05) is 121 Å². The van der Waals surface area contributed by atoms with Gasteiger partial charge < -0.3 is 0 Å². The predicted octanol–water partition coefficient (Wildman–Crippen LogP) is 9.46. The lowest BCUT2D eigenvalue weighted by Crippen LogP contribution is -2.00. The SMILES string of the molecule is c1ccc(-c2nc(-c3ccccc3)nc(-c3cccc4ccc5nc(-c6ccc7ccccc7c6)sc5c34)n2)cc1. The van der Waals surface area contributed by atoms with E-state index in [1.165, 1.54) is 10.8 Å². The van der Waals surface area contributed by atoms with Crippen molar-refractivity contribution in [3.63, 3.8) is 0 Å². The topological polar surface area (TPSA) is 51.6 Å². The van der Waals surface area contributed by atoms with Gasteiger partial charge in [-0.15, -0.1) is 11.3 Å². The van der Waals surface area contributed by atoms with Gasteiger partial charge in [-0.25, -0.2) is 19.9 Å². The Kier molecular flexibility index (Phi) is 5.61. The van der Waals surface area contributed by atoms with Crippen LogP contribution >= 0.6 is 11.3 Å². The average Bonchev–Trinajstić information content (AvgIpc) is 3.50. The molecule has 8 aromatic rings. The number of fused-ring (bicyclic) bond motifs is 4. The first-order valence-corrected chi connectivity index (χ1v) is 14.3. The molecule has 2 heterocycles. The summed E-state index contributed by atoms with van der Waals surface area (Å²) >= 11 is 1.72. The highest BCUT2D eigenvalue weighted by Gasteiger charge is 2.17. The van der Waals surface area contributed by atoms with Crippen molar-refractivity contribution in [1.29, 1.82) is 0 Å². The van der Waals surface area contributed by atoms with E-state index in [1.54, 1.807) is 11.3 Å². The van der Waals surface area contributed by atoms with Crippen LogP contribution in [0.4, 0.5) is 0 Å². The zero-order valence-electron chi connectivity index (χ0n) is 21.9. The zero-order valence-corrected chi connectivity index (χ0v) is 22.7. The molecule has 0 radical (unpaired) electrons. The maximum Gasteiger partial charge on any atom is 0.164 e. The Hall–Kier alpha value is -5.26. The van der Waals surface area contributed by atoms with Crippen molar-refractivity contribution in [2.45, 2.75) is 0 Å². The van der Waals surface area contributed by atoms with E-state index in [0.29, 0.717) is 17.5 Å². The summed E-state index contributed by atoms with van der Waals surface area (Å²) in [6.45, 7) is 0. The van der Waals surface area contributed by atoms with Crippen LogP contribution in [-0.4, -0.2) is 19.9 Å². The van der Waals surface area contributed by atoms with Crippen LogP contribution in [0.5, 0.6) is 0 Å². The first kappa shape index (κ1) is 23.6. The highest BCUT2D eigenvalue weighted by atomic mass is 32.1. The van der Waals surface area contributed by atoms with Gasteiger partial charge in [0.1, 0.15) is 5.01 Å². The molecular weight excluding hydrogens is 520 g/mol. The van der Waals surface area contributed by atoms with Gasteiger partial charge in [-0.2, -0.15) is 0 Å². The molecule has 0 saturated heterocycles. The highest BCUT2D eigenvalue weighted by Crippen LogP contribution is 2.40. The third kappa shape index (κ3) is 4.24.